The molecule has 0 saturated heterocycles. The van der Waals surface area contributed by atoms with Crippen LogP contribution in [0.5, 0.6) is 0 Å². The summed E-state index contributed by atoms with van der Waals surface area (Å²) in [5.74, 6) is -1.55. The van der Waals surface area contributed by atoms with Crippen molar-refractivity contribution in [3.63, 3.8) is 0 Å². The Morgan fingerprint density at radius 1 is 0.212 bits per heavy atom. The van der Waals surface area contributed by atoms with Crippen LogP contribution < -0.4 is 0 Å². The Morgan fingerprint density at radius 2 is 0.387 bits per heavy atom. The summed E-state index contributed by atoms with van der Waals surface area (Å²) in [6.07, 6.45) is 147. The number of phosphoric acid groups is 2. The lowest BCUT2D eigenvalue weighted by molar-refractivity contribution is -0.161. The molecular weight excluding hydrogens is 1750 g/mol. The molecule has 18 heteroatoms. The summed E-state index contributed by atoms with van der Waals surface area (Å²) in [5, 5.41) is 20.8. The van der Waals surface area contributed by atoms with Gasteiger partial charge >= 0.3 is 33.6 Å². The largest absolute Gasteiger partial charge is 0.472 e. The third-order valence-corrected chi connectivity index (χ3v) is 26.0. The van der Waals surface area contributed by atoms with Crippen molar-refractivity contribution >= 4 is 33.6 Å². The molecule has 16 nitrogen and oxygen atoms in total. The van der Waals surface area contributed by atoms with E-state index in [0.29, 0.717) is 19.3 Å². The van der Waals surface area contributed by atoms with Gasteiger partial charge < -0.3 is 34.2 Å². The van der Waals surface area contributed by atoms with E-state index in [-0.39, 0.29) is 19.3 Å². The van der Waals surface area contributed by atoms with Gasteiger partial charge in [0.2, 0.25) is 0 Å². The number of aliphatic hydroxyl groups excluding tert-OH is 2. The molecule has 788 valence electrons. The minimum atomic E-state index is -4.95. The fourth-order valence-corrected chi connectivity index (χ4v) is 17.3. The maximum Gasteiger partial charge on any atom is 0.472 e. The van der Waals surface area contributed by atoms with E-state index < -0.39 is 91.5 Å². The van der Waals surface area contributed by atoms with Crippen molar-refractivity contribution in [1.82, 2.24) is 0 Å². The summed E-state index contributed by atoms with van der Waals surface area (Å²) >= 11 is 0. The molecule has 5 atom stereocenters. The molecule has 5 unspecified atom stereocenters. The van der Waals surface area contributed by atoms with Gasteiger partial charge in [-0.1, -0.05) is 498 Å². The minimum absolute atomic E-state index is 0.104. The Bertz CT molecular complexity index is 3220. The maximum atomic E-state index is 13.2. The molecule has 0 heterocycles. The number of carbonyl (C=O) groups is 3. The highest BCUT2D eigenvalue weighted by Gasteiger charge is 2.30. The van der Waals surface area contributed by atoms with Crippen LogP contribution in [0.3, 0.4) is 0 Å². The van der Waals surface area contributed by atoms with E-state index in [0.717, 1.165) is 161 Å². The Hall–Kier alpha value is -5.35. The number of rotatable bonds is 106. The number of unbranched alkanes of at least 4 members (excludes halogenated alkanes) is 53. The molecule has 137 heavy (non-hydrogen) atoms. The number of esters is 3. The Morgan fingerprint density at radius 3 is 0.613 bits per heavy atom. The summed E-state index contributed by atoms with van der Waals surface area (Å²) in [7, 11) is -9.82. The monoisotopic (exact) mass is 1950 g/mol. The van der Waals surface area contributed by atoms with Crippen molar-refractivity contribution in [2.45, 2.75) is 514 Å². The number of phosphoric ester groups is 2. The fourth-order valence-electron chi connectivity index (χ4n) is 15.7. The Balaban J connectivity index is 4.60. The molecule has 0 aliphatic rings. The third kappa shape index (κ3) is 111. The zero-order valence-corrected chi connectivity index (χ0v) is 89.5. The second-order valence-electron chi connectivity index (χ2n) is 37.4. The zero-order chi connectivity index (χ0) is 99.2. The number of hydrogen-bond acceptors (Lipinski definition) is 14. The quantitative estimate of drug-likeness (QED) is 0.0146. The molecule has 0 fully saturated rings. The van der Waals surface area contributed by atoms with E-state index in [4.69, 9.17) is 32.3 Å². The van der Waals surface area contributed by atoms with E-state index in [1.54, 1.807) is 0 Å². The zero-order valence-electron chi connectivity index (χ0n) is 87.7. The van der Waals surface area contributed by atoms with E-state index in [1.807, 2.05) is 0 Å². The summed E-state index contributed by atoms with van der Waals surface area (Å²) in [6, 6.07) is 0. The van der Waals surface area contributed by atoms with Gasteiger partial charge in [0.15, 0.2) is 6.10 Å². The fraction of sp³-hybridized carbons (Fsp3) is 0.723. The third-order valence-electron chi connectivity index (χ3n) is 24.1. The second-order valence-corrected chi connectivity index (χ2v) is 40.3. The van der Waals surface area contributed by atoms with Gasteiger partial charge in [0.25, 0.3) is 0 Å². The molecule has 0 aromatic rings. The first-order chi connectivity index (χ1) is 67.2. The van der Waals surface area contributed by atoms with Crippen molar-refractivity contribution in [2.24, 2.45) is 0 Å². The Kier molecular flexibility index (Phi) is 105. The van der Waals surface area contributed by atoms with Crippen LogP contribution >= 0.6 is 15.6 Å². The van der Waals surface area contributed by atoms with E-state index in [9.17, 15) is 43.5 Å². The van der Waals surface area contributed by atoms with Crippen molar-refractivity contribution in [2.75, 3.05) is 39.6 Å². The van der Waals surface area contributed by atoms with Crippen LogP contribution in [0.2, 0.25) is 0 Å². The first-order valence-electron chi connectivity index (χ1n) is 56.1. The van der Waals surface area contributed by atoms with Gasteiger partial charge in [-0.2, -0.15) is 0 Å². The van der Waals surface area contributed by atoms with Gasteiger partial charge in [0, 0.05) is 19.3 Å². The molecule has 0 aliphatic carbocycles. The average Bonchev–Trinajstić information content (AvgIpc) is 0.899. The topological polar surface area (TPSA) is 231 Å². The Labute approximate surface area is 840 Å². The number of carbonyl (C=O) groups excluding carboxylic acids is 3. The smallest absolute Gasteiger partial charge is 0.463 e. The van der Waals surface area contributed by atoms with Crippen LogP contribution in [0.1, 0.15) is 496 Å². The van der Waals surface area contributed by atoms with Gasteiger partial charge in [0.1, 0.15) is 25.4 Å². The lowest BCUT2D eigenvalue weighted by Crippen LogP contribution is -2.30. The molecule has 0 rings (SSSR count). The molecule has 0 radical (unpaired) electrons. The maximum absolute atomic E-state index is 13.2. The summed E-state index contributed by atoms with van der Waals surface area (Å²) < 4.78 is 61.9. The summed E-state index contributed by atoms with van der Waals surface area (Å²) in [6.45, 7) is 2.53. The molecule has 4 N–H and O–H groups in total. The molecule has 0 aliphatic heterocycles. The molecular formula is C119H206O16P2. The van der Waals surface area contributed by atoms with E-state index in [2.05, 4.69) is 203 Å². The van der Waals surface area contributed by atoms with Crippen LogP contribution in [0.25, 0.3) is 0 Å². The van der Waals surface area contributed by atoms with Gasteiger partial charge in [0.05, 0.1) is 26.4 Å². The first kappa shape index (κ1) is 132. The summed E-state index contributed by atoms with van der Waals surface area (Å²) in [4.78, 5) is 59.4. The molecule has 0 aromatic carbocycles. The number of aliphatic hydroxyl groups is 2. The molecule has 0 saturated carbocycles. The van der Waals surface area contributed by atoms with Crippen LogP contribution in [-0.2, 0) is 55.8 Å². The lowest BCUT2D eigenvalue weighted by atomic mass is 10.0. The van der Waals surface area contributed by atoms with Crippen LogP contribution in [-0.4, -0.2) is 95.9 Å². The second kappa shape index (κ2) is 109. The predicted molar refractivity (Wildman–Crippen MR) is 583 cm³/mol. The van der Waals surface area contributed by atoms with Crippen molar-refractivity contribution in [3.05, 3.63) is 182 Å². The molecule has 0 amide bonds. The molecule has 0 bridgehead atoms. The van der Waals surface area contributed by atoms with E-state index >= 15 is 0 Å². The average molecular weight is 1950 g/mol. The SMILES string of the molecule is CC/C=C\C/C=C\C/C=C\C/C=C\C/C=C\C/C=C\CCCCCCCCCCCCCCCCC(=O)OCC(COP(=O)(O)OCC(O)COP(=O)(O)OCC(O)COC(=O)CCCCCCCCCCCCCCCCCCCCC/C=C\C/C=C\C/C=C\C/C=C\C/C=C\CC)OC(=O)CCCCCCCCCCCCCCCCCCC/C=C\C/C=C\C/C=C\C/C=C\CCCCC. The van der Waals surface area contributed by atoms with Gasteiger partial charge in [-0.15, -0.1) is 0 Å². The van der Waals surface area contributed by atoms with Crippen molar-refractivity contribution in [1.29, 1.82) is 0 Å². The molecule has 0 aromatic heterocycles. The normalized spacial score (nSPS) is 14.2. The lowest BCUT2D eigenvalue weighted by Gasteiger charge is -2.21. The van der Waals surface area contributed by atoms with Gasteiger partial charge in [-0.3, -0.25) is 32.5 Å². The van der Waals surface area contributed by atoms with E-state index in [1.165, 1.54) is 276 Å². The van der Waals surface area contributed by atoms with Gasteiger partial charge in [-0.05, 0) is 161 Å². The molecule has 0 spiro atoms. The first-order valence-corrected chi connectivity index (χ1v) is 59.1. The minimum Gasteiger partial charge on any atom is -0.463 e. The highest BCUT2D eigenvalue weighted by molar-refractivity contribution is 7.47. The van der Waals surface area contributed by atoms with Crippen LogP contribution in [0, 0.1) is 0 Å². The highest BCUT2D eigenvalue weighted by atomic mass is 31.2. The number of ether oxygens (including phenoxy) is 3. The summed E-state index contributed by atoms with van der Waals surface area (Å²) in [5.41, 5.74) is 0. The number of allylic oxidation sites excluding steroid dienone is 30. The number of hydrogen-bond donors (Lipinski definition) is 4. The van der Waals surface area contributed by atoms with Crippen molar-refractivity contribution < 1.29 is 75.8 Å². The highest BCUT2D eigenvalue weighted by Crippen LogP contribution is 2.45. The van der Waals surface area contributed by atoms with Crippen LogP contribution in [0.4, 0.5) is 0 Å². The van der Waals surface area contributed by atoms with Crippen molar-refractivity contribution in [3.8, 4) is 0 Å². The van der Waals surface area contributed by atoms with Crippen LogP contribution in [0.15, 0.2) is 182 Å². The standard InChI is InChI=1S/C119H206O16P2/c1-4-7-10-13-16-19-22-25-28-31-34-37-40-43-46-49-52-55-56-59-61-63-66-69-72-75-78-81-84-87-90-93-96-99-102-105-117(122)129-108-114(120)109-131-136(125,126)132-110-115(121)111-133-137(127,128)134-113-116(135-119(124)107-104-101-98-95-92-89-86-83-80-77-74-71-68-65-62-58-54-51-48-45-42-39-36-33-30-27-24-21-18-15-12-9-6-3)112-130-118(123)106-103-100-97-94-91-88-85-82-79-76-73-70-67-64-60-57-53-50-47-44-41-38-35-32-29-26-23-20-17-14-11-8-5-2/h7-8,10-11,16-21,25-30,34-39,43-48,53,57,114-116,120-121H,4-6,9,12-15,22-24,31-33,40-42,49-52,54-56,58-113H2,1-3H3,(H,125,126)(H,127,128)/b10-7-,11-8-,19-16-,20-17-,21-18-,28-25-,29-26-,30-27-,37-34-,38-35-,39-36-,46-43-,47-44-,48-45-,57-53-. The predicted octanol–water partition coefficient (Wildman–Crippen LogP) is 36.2. The van der Waals surface area contributed by atoms with Gasteiger partial charge in [-0.25, -0.2) is 9.13 Å².